The Balaban J connectivity index is 1.12. The molecule has 1 spiro atoms. The molecule has 0 aliphatic carbocycles. The van der Waals surface area contributed by atoms with Gasteiger partial charge in [0.15, 0.2) is 5.65 Å². The van der Waals surface area contributed by atoms with E-state index < -0.39 is 0 Å². The van der Waals surface area contributed by atoms with Crippen molar-refractivity contribution in [3.8, 4) is 17.0 Å². The van der Waals surface area contributed by atoms with Crippen LogP contribution in [0.3, 0.4) is 0 Å². The molecule has 4 aromatic rings. The number of aromatic nitrogens is 5. The van der Waals surface area contributed by atoms with Crippen molar-refractivity contribution in [1.82, 2.24) is 29.4 Å². The number of amides is 1. The Morgan fingerprint density at radius 3 is 2.69 bits per heavy atom. The number of aryl methyl sites for hydroxylation is 1. The molecule has 0 N–H and O–H groups in total. The molecule has 6 heterocycles. The lowest BCUT2D eigenvalue weighted by molar-refractivity contribution is -0.141. The fraction of sp³-hybridized carbons (Fsp3) is 0.469. The van der Waals surface area contributed by atoms with E-state index in [4.69, 9.17) is 29.4 Å². The minimum absolute atomic E-state index is 0.0191. The molecule has 1 saturated heterocycles. The summed E-state index contributed by atoms with van der Waals surface area (Å²) in [6.07, 6.45) is 6.67. The Bertz CT molecular complexity index is 1640. The number of piperazine rings is 1. The highest BCUT2D eigenvalue weighted by Crippen LogP contribution is 2.47. The van der Waals surface area contributed by atoms with Crippen LogP contribution in [0, 0.1) is 0 Å². The summed E-state index contributed by atoms with van der Waals surface area (Å²) in [6, 6.07) is 12.5. The summed E-state index contributed by atoms with van der Waals surface area (Å²) in [6.45, 7) is 10.5. The minimum Gasteiger partial charge on any atom is -0.490 e. The highest BCUT2D eigenvalue weighted by molar-refractivity contribution is 5.78. The van der Waals surface area contributed by atoms with Crippen LogP contribution in [0.4, 0.5) is 5.95 Å². The van der Waals surface area contributed by atoms with Crippen LogP contribution in [0.1, 0.15) is 51.9 Å². The molecule has 2 atom stereocenters. The van der Waals surface area contributed by atoms with Crippen molar-refractivity contribution in [2.24, 2.45) is 0 Å². The van der Waals surface area contributed by atoms with E-state index in [1.165, 1.54) is 5.56 Å². The monoisotopic (exact) mass is 567 g/mol. The van der Waals surface area contributed by atoms with Crippen LogP contribution < -0.4 is 9.64 Å². The highest BCUT2D eigenvalue weighted by Gasteiger charge is 2.46. The zero-order chi connectivity index (χ0) is 29.1. The second kappa shape index (κ2) is 10.0. The van der Waals surface area contributed by atoms with E-state index in [-0.39, 0.29) is 29.7 Å². The lowest BCUT2D eigenvalue weighted by Crippen LogP contribution is -2.55. The number of hydrogen-bond acceptors (Lipinski definition) is 8. The van der Waals surface area contributed by atoms with E-state index in [9.17, 15) is 4.79 Å². The molecule has 42 heavy (non-hydrogen) atoms. The Hall–Kier alpha value is -4.05. The quantitative estimate of drug-likeness (QED) is 0.362. The van der Waals surface area contributed by atoms with Crippen molar-refractivity contribution in [1.29, 1.82) is 0 Å². The predicted octanol–water partition coefficient (Wildman–Crippen LogP) is 4.21. The second-order valence-corrected chi connectivity index (χ2v) is 12.6. The molecule has 7 rings (SSSR count). The van der Waals surface area contributed by atoms with Crippen molar-refractivity contribution >= 4 is 23.0 Å². The van der Waals surface area contributed by atoms with E-state index in [1.807, 2.05) is 56.3 Å². The molecule has 1 amide bonds. The zero-order valence-electron chi connectivity index (χ0n) is 24.7. The topological polar surface area (TPSA) is 98.5 Å². The molecule has 0 radical (unpaired) electrons. The van der Waals surface area contributed by atoms with Crippen molar-refractivity contribution in [2.75, 3.05) is 37.7 Å². The molecule has 3 aliphatic heterocycles. The van der Waals surface area contributed by atoms with Crippen molar-refractivity contribution in [2.45, 2.75) is 64.1 Å². The van der Waals surface area contributed by atoms with E-state index in [1.54, 1.807) is 0 Å². The largest absolute Gasteiger partial charge is 0.490 e. The van der Waals surface area contributed by atoms with Gasteiger partial charge in [0.25, 0.3) is 0 Å². The van der Waals surface area contributed by atoms with Crippen LogP contribution in [-0.4, -0.2) is 79.8 Å². The molecule has 0 saturated carbocycles. The van der Waals surface area contributed by atoms with Crippen LogP contribution >= 0.6 is 0 Å². The number of carbonyl (C=O) groups excluding carboxylic acids is 1. The molecule has 1 fully saturated rings. The van der Waals surface area contributed by atoms with Crippen molar-refractivity contribution < 1.29 is 14.3 Å². The van der Waals surface area contributed by atoms with Crippen LogP contribution in [0.15, 0.2) is 48.8 Å². The number of nitrogens with zero attached hydrogens (tertiary/aromatic N) is 7. The van der Waals surface area contributed by atoms with Gasteiger partial charge in [0, 0.05) is 55.6 Å². The van der Waals surface area contributed by atoms with Gasteiger partial charge in [0.1, 0.15) is 35.8 Å². The van der Waals surface area contributed by atoms with Gasteiger partial charge in [-0.1, -0.05) is 18.2 Å². The second-order valence-electron chi connectivity index (χ2n) is 12.6. The molecule has 10 heteroatoms. The molecule has 3 aliphatic rings. The summed E-state index contributed by atoms with van der Waals surface area (Å²) < 4.78 is 14.2. The van der Waals surface area contributed by atoms with E-state index >= 15 is 0 Å². The maximum Gasteiger partial charge on any atom is 0.248 e. The Labute approximate surface area is 245 Å². The third-order valence-electron chi connectivity index (χ3n) is 8.65. The Morgan fingerprint density at radius 1 is 1.10 bits per heavy atom. The fourth-order valence-electron chi connectivity index (χ4n) is 6.53. The third kappa shape index (κ3) is 4.58. The molecule has 3 aromatic heterocycles. The molecule has 1 unspecified atom stereocenters. The summed E-state index contributed by atoms with van der Waals surface area (Å²) in [7, 11) is 0. The lowest BCUT2D eigenvalue weighted by atomic mass is 9.83. The van der Waals surface area contributed by atoms with Crippen molar-refractivity contribution in [3.05, 3.63) is 60.2 Å². The number of para-hydroxylation sites is 1. The first-order chi connectivity index (χ1) is 20.2. The van der Waals surface area contributed by atoms with E-state index in [0.29, 0.717) is 32.2 Å². The fourth-order valence-corrected chi connectivity index (χ4v) is 6.53. The van der Waals surface area contributed by atoms with Gasteiger partial charge in [-0.25, -0.2) is 19.9 Å². The molecule has 218 valence electrons. The Morgan fingerprint density at radius 2 is 1.90 bits per heavy atom. The first kappa shape index (κ1) is 26.8. The van der Waals surface area contributed by atoms with Gasteiger partial charge in [-0.3, -0.25) is 9.36 Å². The molecular weight excluding hydrogens is 530 g/mol. The number of hydrogen-bond donors (Lipinski definition) is 0. The van der Waals surface area contributed by atoms with Crippen LogP contribution in [-0.2, 0) is 21.5 Å². The predicted molar refractivity (Wildman–Crippen MR) is 160 cm³/mol. The Kier molecular flexibility index (Phi) is 6.42. The van der Waals surface area contributed by atoms with Gasteiger partial charge in [-0.2, -0.15) is 0 Å². The van der Waals surface area contributed by atoms with Gasteiger partial charge in [-0.05, 0) is 58.7 Å². The SMILES string of the molecule is C[C@@H]1CN(C(=O)COC(C)(C)C)CCN1c1ncc(-c2ccc3nc4n(c3n2)C2(CCC4)COc3ccccc32)cn1. The number of ether oxygens (including phenoxy) is 2. The average Bonchev–Trinajstić information content (AvgIpc) is 3.55. The zero-order valence-corrected chi connectivity index (χ0v) is 24.7. The number of pyridine rings is 1. The first-order valence-electron chi connectivity index (χ1n) is 14.8. The standard InChI is InChI=1S/C32H37N7O3/c1-21-18-37(28(40)19-42-31(2,3)4)14-15-38(21)30-33-16-22(17-34-30)24-11-12-25-29(36-24)39-27(35-25)10-7-13-32(39)20-41-26-9-6-5-8-23(26)32/h5-6,8-9,11-12,16-17,21H,7,10,13-15,18-20H2,1-4H3/t21-,32?/m1/s1. The number of imidazole rings is 1. The first-order valence-corrected chi connectivity index (χ1v) is 14.8. The highest BCUT2D eigenvalue weighted by atomic mass is 16.5. The third-order valence-corrected chi connectivity index (χ3v) is 8.65. The minimum atomic E-state index is -0.340. The van der Waals surface area contributed by atoms with Crippen molar-refractivity contribution in [3.63, 3.8) is 0 Å². The summed E-state index contributed by atoms with van der Waals surface area (Å²) in [5.41, 5.74) is 4.01. The normalized spacial score (nSPS) is 21.9. The van der Waals surface area contributed by atoms with Gasteiger partial charge in [0.05, 0.1) is 11.3 Å². The summed E-state index contributed by atoms with van der Waals surface area (Å²) in [5, 5.41) is 0. The molecular formula is C32H37N7O3. The van der Waals surface area contributed by atoms with Crippen LogP contribution in [0.2, 0.25) is 0 Å². The van der Waals surface area contributed by atoms with Gasteiger partial charge >= 0.3 is 0 Å². The lowest BCUT2D eigenvalue weighted by Gasteiger charge is -2.40. The number of rotatable bonds is 4. The number of carbonyl (C=O) groups is 1. The summed E-state index contributed by atoms with van der Waals surface area (Å²) in [4.78, 5) is 36.3. The van der Waals surface area contributed by atoms with Gasteiger partial charge in [0.2, 0.25) is 11.9 Å². The summed E-state index contributed by atoms with van der Waals surface area (Å²) >= 11 is 0. The van der Waals surface area contributed by atoms with Crippen LogP contribution in [0.5, 0.6) is 5.75 Å². The molecule has 1 aromatic carbocycles. The number of anilines is 1. The smallest absolute Gasteiger partial charge is 0.248 e. The maximum absolute atomic E-state index is 12.7. The summed E-state index contributed by atoms with van der Waals surface area (Å²) in [5.74, 6) is 2.69. The van der Waals surface area contributed by atoms with Gasteiger partial charge in [-0.15, -0.1) is 0 Å². The number of benzene rings is 1. The van der Waals surface area contributed by atoms with Crippen LogP contribution in [0.25, 0.3) is 22.4 Å². The van der Waals surface area contributed by atoms with Gasteiger partial charge < -0.3 is 19.3 Å². The average molecular weight is 568 g/mol. The van der Waals surface area contributed by atoms with E-state index in [2.05, 4.69) is 34.6 Å². The van der Waals surface area contributed by atoms with E-state index in [0.717, 1.165) is 53.3 Å². The maximum atomic E-state index is 12.7. The number of fused-ring (bicyclic) bond motifs is 6. The molecule has 0 bridgehead atoms. The molecule has 10 nitrogen and oxygen atoms in total.